The van der Waals surface area contributed by atoms with Gasteiger partial charge in [-0.15, -0.1) is 0 Å². The fraction of sp³-hybridized carbons (Fsp3) is 0.588. The first-order valence-corrected chi connectivity index (χ1v) is 7.85. The number of hydrogen-bond donors (Lipinski definition) is 2. The minimum Gasteiger partial charge on any atom is -0.324 e. The van der Waals surface area contributed by atoms with Crippen LogP contribution < -0.4 is 10.6 Å². The molecule has 1 fully saturated rings. The molecule has 2 rings (SSSR count). The predicted molar refractivity (Wildman–Crippen MR) is 87.3 cm³/mol. The average molecular weight is 289 g/mol. The van der Waals surface area contributed by atoms with Crippen LogP contribution in [0.3, 0.4) is 0 Å². The zero-order chi connectivity index (χ0) is 15.4. The Kier molecular flexibility index (Phi) is 5.37. The van der Waals surface area contributed by atoms with Gasteiger partial charge in [-0.25, -0.2) is 0 Å². The molecule has 1 aliphatic rings. The van der Waals surface area contributed by atoms with Crippen LogP contribution in [0.25, 0.3) is 0 Å². The fourth-order valence-corrected chi connectivity index (χ4v) is 3.34. The van der Waals surface area contributed by atoms with Crippen molar-refractivity contribution in [1.82, 2.24) is 10.2 Å². The average Bonchev–Trinajstić information content (AvgIpc) is 2.80. The molecule has 4 heteroatoms. The molecule has 3 atom stereocenters. The Morgan fingerprint density at radius 2 is 1.90 bits per heavy atom. The van der Waals surface area contributed by atoms with Crippen LogP contribution in [0.5, 0.6) is 0 Å². The van der Waals surface area contributed by atoms with Crippen LogP contribution in [0, 0.1) is 0 Å². The highest BCUT2D eigenvalue weighted by atomic mass is 16.2. The maximum absolute atomic E-state index is 12.6. The van der Waals surface area contributed by atoms with E-state index in [1.807, 2.05) is 38.2 Å². The summed E-state index contributed by atoms with van der Waals surface area (Å²) in [6, 6.07) is 8.82. The molecule has 2 N–H and O–H groups in total. The maximum atomic E-state index is 12.6. The van der Waals surface area contributed by atoms with E-state index in [-0.39, 0.29) is 11.9 Å². The van der Waals surface area contributed by atoms with Crippen molar-refractivity contribution in [2.24, 2.45) is 0 Å². The summed E-state index contributed by atoms with van der Waals surface area (Å²) >= 11 is 0. The number of carbonyl (C=O) groups excluding carboxylic acids is 1. The topological polar surface area (TPSA) is 44.4 Å². The van der Waals surface area contributed by atoms with Crippen LogP contribution in [-0.2, 0) is 11.3 Å². The quantitative estimate of drug-likeness (QED) is 0.876. The minimum atomic E-state index is -0.0971. The van der Waals surface area contributed by atoms with Crippen molar-refractivity contribution in [3.8, 4) is 0 Å². The van der Waals surface area contributed by atoms with Crippen molar-refractivity contribution in [2.45, 2.75) is 58.3 Å². The molecule has 0 radical (unpaired) electrons. The monoisotopic (exact) mass is 289 g/mol. The number of para-hydroxylation sites is 1. The molecule has 0 saturated carbocycles. The van der Waals surface area contributed by atoms with Crippen molar-refractivity contribution < 1.29 is 4.79 Å². The van der Waals surface area contributed by atoms with E-state index in [9.17, 15) is 4.79 Å². The summed E-state index contributed by atoms with van der Waals surface area (Å²) in [7, 11) is 1.91. The van der Waals surface area contributed by atoms with Crippen molar-refractivity contribution in [2.75, 3.05) is 12.4 Å². The molecule has 4 nitrogen and oxygen atoms in total. The number of hydrogen-bond acceptors (Lipinski definition) is 3. The van der Waals surface area contributed by atoms with Gasteiger partial charge in [0.05, 0.1) is 6.04 Å². The SMILES string of the molecule is CNCc1ccccc1NC(=O)C(C)N1C(C)CCC1C. The van der Waals surface area contributed by atoms with E-state index in [1.54, 1.807) is 0 Å². The predicted octanol–water partition coefficient (Wildman–Crippen LogP) is 2.61. The summed E-state index contributed by atoms with van der Waals surface area (Å²) in [5.74, 6) is 0.0825. The third-order valence-electron chi connectivity index (χ3n) is 4.49. The highest BCUT2D eigenvalue weighted by Crippen LogP contribution is 2.26. The minimum absolute atomic E-state index is 0.0825. The van der Waals surface area contributed by atoms with Crippen LogP contribution in [0.2, 0.25) is 0 Å². The van der Waals surface area contributed by atoms with Crippen LogP contribution in [-0.4, -0.2) is 36.0 Å². The first-order valence-electron chi connectivity index (χ1n) is 7.85. The van der Waals surface area contributed by atoms with Crippen molar-refractivity contribution in [3.05, 3.63) is 29.8 Å². The summed E-state index contributed by atoms with van der Waals surface area (Å²) in [4.78, 5) is 14.9. The lowest BCUT2D eigenvalue weighted by Gasteiger charge is -2.31. The number of likely N-dealkylation sites (tertiary alicyclic amines) is 1. The van der Waals surface area contributed by atoms with E-state index in [4.69, 9.17) is 0 Å². The van der Waals surface area contributed by atoms with E-state index >= 15 is 0 Å². The molecule has 1 amide bonds. The van der Waals surface area contributed by atoms with Gasteiger partial charge in [0, 0.05) is 24.3 Å². The summed E-state index contributed by atoms with van der Waals surface area (Å²) in [6.07, 6.45) is 2.35. The lowest BCUT2D eigenvalue weighted by atomic mass is 10.1. The highest BCUT2D eigenvalue weighted by molar-refractivity contribution is 5.95. The second-order valence-corrected chi connectivity index (χ2v) is 6.08. The number of rotatable bonds is 5. The number of benzene rings is 1. The molecule has 116 valence electrons. The number of carbonyl (C=O) groups is 1. The second kappa shape index (κ2) is 7.05. The largest absolute Gasteiger partial charge is 0.324 e. The molecular weight excluding hydrogens is 262 g/mol. The Balaban J connectivity index is 2.07. The summed E-state index contributed by atoms with van der Waals surface area (Å²) < 4.78 is 0. The Bertz CT molecular complexity index is 479. The summed E-state index contributed by atoms with van der Waals surface area (Å²) in [5, 5.41) is 6.23. The number of nitrogens with one attached hydrogen (secondary N) is 2. The van der Waals surface area contributed by atoms with Gasteiger partial charge in [-0.2, -0.15) is 0 Å². The molecule has 0 spiro atoms. The molecule has 1 aromatic carbocycles. The lowest BCUT2D eigenvalue weighted by molar-refractivity contribution is -0.121. The smallest absolute Gasteiger partial charge is 0.241 e. The van der Waals surface area contributed by atoms with E-state index in [0.29, 0.717) is 12.1 Å². The van der Waals surface area contributed by atoms with Gasteiger partial charge in [0.1, 0.15) is 0 Å². The second-order valence-electron chi connectivity index (χ2n) is 6.08. The lowest BCUT2D eigenvalue weighted by Crippen LogP contribution is -2.47. The Labute approximate surface area is 127 Å². The standard InChI is InChI=1S/C17H27N3O/c1-12-9-10-13(2)20(12)14(3)17(21)19-16-8-6-5-7-15(16)11-18-4/h5-8,12-14,18H,9-11H2,1-4H3,(H,19,21). The Morgan fingerprint density at radius 1 is 1.29 bits per heavy atom. The van der Waals surface area contributed by atoms with Crippen molar-refractivity contribution in [3.63, 3.8) is 0 Å². The molecule has 21 heavy (non-hydrogen) atoms. The van der Waals surface area contributed by atoms with Crippen molar-refractivity contribution in [1.29, 1.82) is 0 Å². The van der Waals surface area contributed by atoms with E-state index in [1.165, 1.54) is 12.8 Å². The van der Waals surface area contributed by atoms with Gasteiger partial charge in [0.2, 0.25) is 5.91 Å². The van der Waals surface area contributed by atoms with E-state index in [0.717, 1.165) is 17.8 Å². The number of nitrogens with zero attached hydrogens (tertiary/aromatic N) is 1. The molecule has 0 aromatic heterocycles. The highest BCUT2D eigenvalue weighted by Gasteiger charge is 2.34. The Morgan fingerprint density at radius 3 is 2.52 bits per heavy atom. The van der Waals surface area contributed by atoms with Crippen LogP contribution >= 0.6 is 0 Å². The fourth-order valence-electron chi connectivity index (χ4n) is 3.34. The van der Waals surface area contributed by atoms with Gasteiger partial charge in [-0.05, 0) is 52.3 Å². The molecule has 1 aromatic rings. The maximum Gasteiger partial charge on any atom is 0.241 e. The first kappa shape index (κ1) is 16.0. The molecule has 3 unspecified atom stereocenters. The molecule has 1 aliphatic heterocycles. The van der Waals surface area contributed by atoms with E-state index < -0.39 is 0 Å². The zero-order valence-corrected chi connectivity index (χ0v) is 13.5. The van der Waals surface area contributed by atoms with E-state index in [2.05, 4.69) is 29.4 Å². The Hall–Kier alpha value is -1.39. The van der Waals surface area contributed by atoms with Crippen LogP contribution in [0.4, 0.5) is 5.69 Å². The molecule has 1 saturated heterocycles. The molecule has 0 bridgehead atoms. The molecule has 1 heterocycles. The zero-order valence-electron chi connectivity index (χ0n) is 13.5. The van der Waals surface area contributed by atoms with Gasteiger partial charge >= 0.3 is 0 Å². The number of amides is 1. The normalized spacial score (nSPS) is 24.0. The summed E-state index contributed by atoms with van der Waals surface area (Å²) in [6.45, 7) is 7.18. The van der Waals surface area contributed by atoms with Gasteiger partial charge in [-0.1, -0.05) is 18.2 Å². The third kappa shape index (κ3) is 3.63. The van der Waals surface area contributed by atoms with Gasteiger partial charge in [-0.3, -0.25) is 9.69 Å². The van der Waals surface area contributed by atoms with Gasteiger partial charge in [0.25, 0.3) is 0 Å². The van der Waals surface area contributed by atoms with Crippen LogP contribution in [0.1, 0.15) is 39.2 Å². The summed E-state index contributed by atoms with van der Waals surface area (Å²) in [5.41, 5.74) is 2.02. The van der Waals surface area contributed by atoms with Crippen LogP contribution in [0.15, 0.2) is 24.3 Å². The van der Waals surface area contributed by atoms with Gasteiger partial charge in [0.15, 0.2) is 0 Å². The molecule has 0 aliphatic carbocycles. The first-order chi connectivity index (χ1) is 10.0. The van der Waals surface area contributed by atoms with Crippen molar-refractivity contribution >= 4 is 11.6 Å². The number of anilines is 1. The molecular formula is C17H27N3O. The van der Waals surface area contributed by atoms with Gasteiger partial charge < -0.3 is 10.6 Å². The third-order valence-corrected chi connectivity index (χ3v) is 4.49.